The van der Waals surface area contributed by atoms with Gasteiger partial charge in [0.25, 0.3) is 5.91 Å². The van der Waals surface area contributed by atoms with E-state index in [1.54, 1.807) is 19.2 Å². The molecule has 1 amide bonds. The van der Waals surface area contributed by atoms with Crippen LogP contribution in [0.2, 0.25) is 0 Å². The number of hydrogen-bond donors (Lipinski definition) is 2. The number of benzene rings is 2. The molecule has 26 heavy (non-hydrogen) atoms. The van der Waals surface area contributed by atoms with Gasteiger partial charge in [0.15, 0.2) is 0 Å². The van der Waals surface area contributed by atoms with Crippen LogP contribution in [0.5, 0.6) is 5.75 Å². The molecule has 1 atom stereocenters. The van der Waals surface area contributed by atoms with Gasteiger partial charge in [-0.1, -0.05) is 31.2 Å². The van der Waals surface area contributed by atoms with Crippen molar-refractivity contribution >= 4 is 15.9 Å². The van der Waals surface area contributed by atoms with Gasteiger partial charge in [-0.15, -0.1) is 0 Å². The number of carbonyl (C=O) groups excluding carboxylic acids is 1. The summed E-state index contributed by atoms with van der Waals surface area (Å²) in [5, 5.41) is 2.87. The Bertz CT molecular complexity index is 865. The molecule has 0 heterocycles. The molecule has 2 N–H and O–H groups in total. The van der Waals surface area contributed by atoms with Gasteiger partial charge in [0, 0.05) is 17.7 Å². The quantitative estimate of drug-likeness (QED) is 0.742. The molecule has 2 aromatic rings. The zero-order valence-electron chi connectivity index (χ0n) is 15.2. The standard InChI is InChI=1S/C19H24N2O4S/c1-4-12-20-26(23,24)16-9-7-8-15(13-16)19(22)21-14(2)17-10-5-6-11-18(17)25-3/h5-11,13-14,20H,4,12H2,1-3H3,(H,21,22)/t14-/m1/s1. The van der Waals surface area contributed by atoms with Crippen molar-refractivity contribution in [3.63, 3.8) is 0 Å². The second-order valence-electron chi connectivity index (χ2n) is 5.86. The summed E-state index contributed by atoms with van der Waals surface area (Å²) in [6.45, 7) is 4.08. The molecule has 0 aromatic heterocycles. The Balaban J connectivity index is 2.19. The van der Waals surface area contributed by atoms with Gasteiger partial charge in [0.1, 0.15) is 5.75 Å². The van der Waals surface area contributed by atoms with Crippen LogP contribution >= 0.6 is 0 Å². The SMILES string of the molecule is CCCNS(=O)(=O)c1cccc(C(=O)N[C@H](C)c2ccccc2OC)c1. The lowest BCUT2D eigenvalue weighted by molar-refractivity contribution is 0.0939. The molecular formula is C19H24N2O4S. The minimum Gasteiger partial charge on any atom is -0.496 e. The fourth-order valence-corrected chi connectivity index (χ4v) is 3.69. The van der Waals surface area contributed by atoms with Crippen molar-refractivity contribution < 1.29 is 17.9 Å². The lowest BCUT2D eigenvalue weighted by Crippen LogP contribution is -2.28. The third kappa shape index (κ3) is 4.83. The topological polar surface area (TPSA) is 84.5 Å². The number of rotatable bonds is 8. The Morgan fingerprint density at radius 2 is 1.88 bits per heavy atom. The summed E-state index contributed by atoms with van der Waals surface area (Å²) in [5.41, 5.74) is 1.13. The zero-order chi connectivity index (χ0) is 19.2. The molecule has 0 aliphatic carbocycles. The van der Waals surface area contributed by atoms with Crippen molar-refractivity contribution in [1.82, 2.24) is 10.0 Å². The molecule has 0 spiro atoms. The third-order valence-corrected chi connectivity index (χ3v) is 5.36. The minimum absolute atomic E-state index is 0.0727. The number of hydrogen-bond acceptors (Lipinski definition) is 4. The number of para-hydroxylation sites is 1. The highest BCUT2D eigenvalue weighted by Crippen LogP contribution is 2.24. The van der Waals surface area contributed by atoms with Crippen LogP contribution in [0, 0.1) is 0 Å². The number of ether oxygens (including phenoxy) is 1. The Morgan fingerprint density at radius 3 is 2.58 bits per heavy atom. The van der Waals surface area contributed by atoms with Crippen molar-refractivity contribution in [2.75, 3.05) is 13.7 Å². The summed E-state index contributed by atoms with van der Waals surface area (Å²) in [4.78, 5) is 12.6. The van der Waals surface area contributed by atoms with E-state index >= 15 is 0 Å². The third-order valence-electron chi connectivity index (χ3n) is 3.90. The lowest BCUT2D eigenvalue weighted by Gasteiger charge is -2.17. The monoisotopic (exact) mass is 376 g/mol. The van der Waals surface area contributed by atoms with Gasteiger partial charge in [-0.3, -0.25) is 4.79 Å². The van der Waals surface area contributed by atoms with Crippen LogP contribution in [-0.4, -0.2) is 28.0 Å². The molecule has 0 fully saturated rings. The highest BCUT2D eigenvalue weighted by Gasteiger charge is 2.18. The first-order chi connectivity index (χ1) is 12.4. The average Bonchev–Trinajstić information content (AvgIpc) is 2.66. The number of nitrogens with one attached hydrogen (secondary N) is 2. The van der Waals surface area contributed by atoms with Crippen molar-refractivity contribution in [3.05, 3.63) is 59.7 Å². The van der Waals surface area contributed by atoms with E-state index in [0.29, 0.717) is 18.7 Å². The van der Waals surface area contributed by atoms with Crippen LogP contribution in [0.4, 0.5) is 0 Å². The molecule has 0 saturated heterocycles. The van der Waals surface area contributed by atoms with Crippen LogP contribution in [0.15, 0.2) is 53.4 Å². The number of methoxy groups -OCH3 is 1. The van der Waals surface area contributed by atoms with E-state index in [1.165, 1.54) is 12.1 Å². The van der Waals surface area contributed by atoms with Crippen LogP contribution in [0.1, 0.15) is 42.2 Å². The molecule has 2 aromatic carbocycles. The molecule has 0 aliphatic rings. The van der Waals surface area contributed by atoms with Crippen LogP contribution in [0.3, 0.4) is 0 Å². The molecule has 0 bridgehead atoms. The molecule has 0 radical (unpaired) electrons. The van der Waals surface area contributed by atoms with Gasteiger partial charge in [-0.2, -0.15) is 0 Å². The maximum absolute atomic E-state index is 12.6. The van der Waals surface area contributed by atoms with E-state index in [-0.39, 0.29) is 22.4 Å². The number of carbonyl (C=O) groups is 1. The van der Waals surface area contributed by atoms with E-state index in [1.807, 2.05) is 38.1 Å². The smallest absolute Gasteiger partial charge is 0.251 e. The molecular weight excluding hydrogens is 352 g/mol. The molecule has 0 aliphatic heterocycles. The fourth-order valence-electron chi connectivity index (χ4n) is 2.51. The summed E-state index contributed by atoms with van der Waals surface area (Å²) in [6, 6.07) is 13.1. The lowest BCUT2D eigenvalue weighted by atomic mass is 10.1. The number of sulfonamides is 1. The largest absolute Gasteiger partial charge is 0.496 e. The molecule has 2 rings (SSSR count). The van der Waals surface area contributed by atoms with E-state index in [9.17, 15) is 13.2 Å². The Labute approximate surface area is 154 Å². The maximum atomic E-state index is 12.6. The summed E-state index contributed by atoms with van der Waals surface area (Å²) in [6.07, 6.45) is 0.690. The first-order valence-electron chi connectivity index (χ1n) is 8.42. The number of amides is 1. The summed E-state index contributed by atoms with van der Waals surface area (Å²) in [7, 11) is -2.05. The molecule has 6 nitrogen and oxygen atoms in total. The highest BCUT2D eigenvalue weighted by molar-refractivity contribution is 7.89. The molecule has 0 saturated carbocycles. The minimum atomic E-state index is -3.62. The van der Waals surface area contributed by atoms with Gasteiger partial charge in [-0.05, 0) is 37.6 Å². The Kier molecular flexibility index (Phi) is 6.76. The first kappa shape index (κ1) is 19.9. The average molecular weight is 376 g/mol. The first-order valence-corrected chi connectivity index (χ1v) is 9.91. The second kappa shape index (κ2) is 8.82. The molecule has 7 heteroatoms. The fraction of sp³-hybridized carbons (Fsp3) is 0.316. The Morgan fingerprint density at radius 1 is 1.15 bits per heavy atom. The van der Waals surface area contributed by atoms with Crippen LogP contribution in [0.25, 0.3) is 0 Å². The van der Waals surface area contributed by atoms with Crippen LogP contribution in [-0.2, 0) is 10.0 Å². The van der Waals surface area contributed by atoms with Crippen molar-refractivity contribution in [1.29, 1.82) is 0 Å². The second-order valence-corrected chi connectivity index (χ2v) is 7.63. The molecule has 140 valence electrons. The van der Waals surface area contributed by atoms with E-state index in [2.05, 4.69) is 10.0 Å². The zero-order valence-corrected chi connectivity index (χ0v) is 16.0. The predicted molar refractivity (Wildman–Crippen MR) is 101 cm³/mol. The van der Waals surface area contributed by atoms with Gasteiger partial charge in [0.05, 0.1) is 18.0 Å². The Hall–Kier alpha value is -2.38. The van der Waals surface area contributed by atoms with Crippen LogP contribution < -0.4 is 14.8 Å². The summed E-state index contributed by atoms with van der Waals surface area (Å²) in [5.74, 6) is 0.330. The van der Waals surface area contributed by atoms with Gasteiger partial charge < -0.3 is 10.1 Å². The maximum Gasteiger partial charge on any atom is 0.251 e. The van der Waals surface area contributed by atoms with Gasteiger partial charge >= 0.3 is 0 Å². The van der Waals surface area contributed by atoms with Crippen molar-refractivity contribution in [2.45, 2.75) is 31.2 Å². The van der Waals surface area contributed by atoms with E-state index in [0.717, 1.165) is 5.56 Å². The van der Waals surface area contributed by atoms with E-state index in [4.69, 9.17) is 4.74 Å². The molecule has 0 unspecified atom stereocenters. The van der Waals surface area contributed by atoms with Gasteiger partial charge in [0.2, 0.25) is 10.0 Å². The highest BCUT2D eigenvalue weighted by atomic mass is 32.2. The van der Waals surface area contributed by atoms with E-state index < -0.39 is 10.0 Å². The van der Waals surface area contributed by atoms with Crippen molar-refractivity contribution in [3.8, 4) is 5.75 Å². The predicted octanol–water partition coefficient (Wildman–Crippen LogP) is 2.87. The normalized spacial score (nSPS) is 12.4. The summed E-state index contributed by atoms with van der Waals surface area (Å²) >= 11 is 0. The van der Waals surface area contributed by atoms with Crippen molar-refractivity contribution in [2.24, 2.45) is 0 Å². The summed E-state index contributed by atoms with van der Waals surface area (Å²) < 4.78 is 32.3. The van der Waals surface area contributed by atoms with Gasteiger partial charge in [-0.25, -0.2) is 13.1 Å².